The summed E-state index contributed by atoms with van der Waals surface area (Å²) in [7, 11) is 0. The van der Waals surface area contributed by atoms with Gasteiger partial charge >= 0.3 is 12.4 Å². The van der Waals surface area contributed by atoms with E-state index < -0.39 is 54.5 Å². The number of aliphatic hydroxyl groups is 1. The number of aliphatic hydroxyl groups excluding tert-OH is 1. The van der Waals surface area contributed by atoms with Crippen molar-refractivity contribution in [3.05, 3.63) is 50.2 Å². The van der Waals surface area contributed by atoms with Crippen molar-refractivity contribution >= 4 is 40.8 Å². The maximum Gasteiger partial charge on any atom is 0.433 e. The van der Waals surface area contributed by atoms with Crippen molar-refractivity contribution in [2.24, 2.45) is 0 Å². The van der Waals surface area contributed by atoms with Gasteiger partial charge in [0.2, 0.25) is 5.95 Å². The number of hydrogen-bond donors (Lipinski definition) is 1. The van der Waals surface area contributed by atoms with Gasteiger partial charge in [-0.25, -0.2) is 9.97 Å². The summed E-state index contributed by atoms with van der Waals surface area (Å²) in [5, 5.41) is 8.61. The predicted octanol–water partition coefficient (Wildman–Crippen LogP) is 5.66. The topological polar surface area (TPSA) is 49.3 Å². The van der Waals surface area contributed by atoms with Crippen LogP contribution in [0.15, 0.2) is 18.3 Å². The van der Waals surface area contributed by atoms with Crippen LogP contribution in [-0.2, 0) is 18.2 Å². The van der Waals surface area contributed by atoms with Crippen molar-refractivity contribution in [2.45, 2.75) is 30.8 Å². The van der Waals surface area contributed by atoms with Crippen LogP contribution >= 0.6 is 34.8 Å². The van der Waals surface area contributed by atoms with Crippen molar-refractivity contribution in [3.8, 4) is 0 Å². The Bertz CT molecular complexity index is 946. The third-order valence-electron chi connectivity index (χ3n) is 4.92. The second kappa shape index (κ2) is 7.89. The van der Waals surface area contributed by atoms with Gasteiger partial charge in [-0.3, -0.25) is 0 Å². The van der Waals surface area contributed by atoms with Gasteiger partial charge in [0, 0.05) is 24.8 Å². The molecule has 4 nitrogen and oxygen atoms in total. The zero-order valence-electron chi connectivity index (χ0n) is 14.8. The van der Waals surface area contributed by atoms with Gasteiger partial charge in [-0.1, -0.05) is 34.8 Å². The van der Waals surface area contributed by atoms with Crippen LogP contribution in [0.2, 0.25) is 15.1 Å². The molecule has 1 aliphatic heterocycles. The van der Waals surface area contributed by atoms with E-state index in [2.05, 4.69) is 9.97 Å². The first kappa shape index (κ1) is 23.2. The number of halogens is 9. The largest absolute Gasteiger partial charge is 0.433 e. The highest BCUT2D eigenvalue weighted by Gasteiger charge is 2.59. The fraction of sp³-hybridized carbons (Fsp3) is 0.412. The molecule has 1 aromatic carbocycles. The Kier molecular flexibility index (Phi) is 6.09. The van der Waals surface area contributed by atoms with Crippen molar-refractivity contribution in [1.82, 2.24) is 9.97 Å². The molecule has 0 bridgehead atoms. The molecule has 0 amide bonds. The first-order valence-electron chi connectivity index (χ1n) is 8.31. The summed E-state index contributed by atoms with van der Waals surface area (Å²) >= 11 is 17.6. The minimum atomic E-state index is -4.91. The molecular formula is C17H12Cl3F6N3O. The van der Waals surface area contributed by atoms with Gasteiger partial charge < -0.3 is 10.0 Å². The smallest absolute Gasteiger partial charge is 0.392 e. The molecule has 0 spiro atoms. The number of nitrogens with zero attached hydrogens (tertiary/aromatic N) is 3. The minimum absolute atomic E-state index is 0.105. The van der Waals surface area contributed by atoms with Crippen LogP contribution in [0.3, 0.4) is 0 Å². The van der Waals surface area contributed by atoms with Gasteiger partial charge in [-0.15, -0.1) is 0 Å². The lowest BCUT2D eigenvalue weighted by molar-refractivity contribution is -0.184. The van der Waals surface area contributed by atoms with E-state index in [0.29, 0.717) is 0 Å². The average molecular weight is 495 g/mol. The van der Waals surface area contributed by atoms with Crippen LogP contribution in [0, 0.1) is 0 Å². The zero-order chi connectivity index (χ0) is 22.5. The van der Waals surface area contributed by atoms with Gasteiger partial charge in [0.05, 0.1) is 21.7 Å². The van der Waals surface area contributed by atoms with E-state index in [9.17, 15) is 26.3 Å². The Morgan fingerprint density at radius 1 is 1.07 bits per heavy atom. The Balaban J connectivity index is 2.05. The maximum atomic E-state index is 14.1. The molecule has 1 saturated heterocycles. The highest BCUT2D eigenvalue weighted by molar-refractivity contribution is 6.48. The zero-order valence-corrected chi connectivity index (χ0v) is 17.0. The number of benzene rings is 1. The summed E-state index contributed by atoms with van der Waals surface area (Å²) in [5.74, 6) is -0.531. The number of anilines is 1. The molecule has 13 heteroatoms. The standard InChI is InChI=1S/C17H12Cl3F6N3O/c18-10-3-9(4-11(19)12(10)20)15(17(24,25)26)1-2-29(7-15)14-27-5-8(6-30)13(28-14)16(21,22)23/h3-5,30H,1-2,6-7H2. The van der Waals surface area contributed by atoms with E-state index in [1.807, 2.05) is 0 Å². The van der Waals surface area contributed by atoms with Crippen molar-refractivity contribution in [3.63, 3.8) is 0 Å². The number of hydrogen-bond acceptors (Lipinski definition) is 4. The molecule has 2 heterocycles. The Hall–Kier alpha value is -1.49. The van der Waals surface area contributed by atoms with Gasteiger partial charge in [-0.05, 0) is 24.1 Å². The fourth-order valence-electron chi connectivity index (χ4n) is 3.35. The van der Waals surface area contributed by atoms with E-state index >= 15 is 0 Å². The van der Waals surface area contributed by atoms with E-state index in [4.69, 9.17) is 39.9 Å². The van der Waals surface area contributed by atoms with Crippen molar-refractivity contribution in [2.75, 3.05) is 18.0 Å². The van der Waals surface area contributed by atoms with Gasteiger partial charge in [-0.2, -0.15) is 26.3 Å². The molecular weight excluding hydrogens is 483 g/mol. The Morgan fingerprint density at radius 2 is 1.67 bits per heavy atom. The average Bonchev–Trinajstić information content (AvgIpc) is 3.11. The van der Waals surface area contributed by atoms with Gasteiger partial charge in [0.1, 0.15) is 5.41 Å². The number of rotatable bonds is 3. The molecule has 164 valence electrons. The van der Waals surface area contributed by atoms with Crippen molar-refractivity contribution in [1.29, 1.82) is 0 Å². The van der Waals surface area contributed by atoms with Crippen LogP contribution in [0.25, 0.3) is 0 Å². The quantitative estimate of drug-likeness (QED) is 0.442. The molecule has 1 N–H and O–H groups in total. The van der Waals surface area contributed by atoms with E-state index in [1.165, 1.54) is 0 Å². The van der Waals surface area contributed by atoms with Gasteiger partial charge in [0.15, 0.2) is 5.69 Å². The van der Waals surface area contributed by atoms with Crippen LogP contribution in [-0.4, -0.2) is 34.3 Å². The molecule has 1 aromatic heterocycles. The first-order chi connectivity index (χ1) is 13.8. The first-order valence-corrected chi connectivity index (χ1v) is 9.44. The third-order valence-corrected chi connectivity index (χ3v) is 6.12. The summed E-state index contributed by atoms with van der Waals surface area (Å²) in [6, 6.07) is 2.09. The summed E-state index contributed by atoms with van der Waals surface area (Å²) in [6.07, 6.45) is -9.43. The van der Waals surface area contributed by atoms with E-state index in [-0.39, 0.29) is 27.2 Å². The molecule has 2 aromatic rings. The van der Waals surface area contributed by atoms with E-state index in [1.54, 1.807) is 0 Å². The summed E-state index contributed by atoms with van der Waals surface area (Å²) in [6.45, 7) is -1.99. The Morgan fingerprint density at radius 3 is 2.17 bits per heavy atom. The molecule has 1 atom stereocenters. The van der Waals surface area contributed by atoms with Crippen LogP contribution in [0.4, 0.5) is 32.3 Å². The lowest BCUT2D eigenvalue weighted by Gasteiger charge is -2.32. The number of alkyl halides is 6. The number of aromatic nitrogens is 2. The summed E-state index contributed by atoms with van der Waals surface area (Å²) in [5.41, 5.74) is -4.72. The SMILES string of the molecule is OCc1cnc(N2CCC(c3cc(Cl)c(Cl)c(Cl)c3)(C(F)(F)F)C2)nc1C(F)(F)F. The molecule has 0 radical (unpaired) electrons. The molecule has 0 aliphatic carbocycles. The molecule has 0 saturated carbocycles. The predicted molar refractivity (Wildman–Crippen MR) is 99.0 cm³/mol. The summed E-state index contributed by atoms with van der Waals surface area (Å²) in [4.78, 5) is 8.09. The molecule has 30 heavy (non-hydrogen) atoms. The molecule has 1 unspecified atom stereocenters. The normalized spacial score (nSPS) is 20.1. The van der Waals surface area contributed by atoms with E-state index in [0.717, 1.165) is 23.2 Å². The van der Waals surface area contributed by atoms with Gasteiger partial charge in [0.25, 0.3) is 0 Å². The third kappa shape index (κ3) is 4.02. The molecule has 1 aliphatic rings. The minimum Gasteiger partial charge on any atom is -0.392 e. The van der Waals surface area contributed by atoms with Crippen LogP contribution < -0.4 is 4.90 Å². The monoisotopic (exact) mass is 493 g/mol. The van der Waals surface area contributed by atoms with Crippen LogP contribution in [0.5, 0.6) is 0 Å². The lowest BCUT2D eigenvalue weighted by Crippen LogP contribution is -2.45. The second-order valence-corrected chi connectivity index (χ2v) is 7.90. The second-order valence-electron chi connectivity index (χ2n) is 6.71. The van der Waals surface area contributed by atoms with Crippen LogP contribution in [0.1, 0.15) is 23.2 Å². The molecule has 1 fully saturated rings. The maximum absolute atomic E-state index is 14.1. The highest BCUT2D eigenvalue weighted by Crippen LogP contribution is 2.50. The lowest BCUT2D eigenvalue weighted by atomic mass is 9.79. The molecule has 3 rings (SSSR count). The summed E-state index contributed by atoms with van der Waals surface area (Å²) < 4.78 is 82.0. The Labute approximate surface area is 181 Å². The fourth-order valence-corrected chi connectivity index (χ4v) is 3.95. The van der Waals surface area contributed by atoms with Crippen molar-refractivity contribution < 1.29 is 31.4 Å². The highest BCUT2D eigenvalue weighted by atomic mass is 35.5.